The Kier molecular flexibility index (Phi) is 5.06. The molecule has 2 aromatic heterocycles. The van der Waals surface area contributed by atoms with Gasteiger partial charge in [0.05, 0.1) is 15.6 Å². The highest BCUT2D eigenvalue weighted by molar-refractivity contribution is 7.92. The van der Waals surface area contributed by atoms with Crippen molar-refractivity contribution in [2.24, 2.45) is 0 Å². The second-order valence-corrected chi connectivity index (χ2v) is 7.37. The highest BCUT2D eigenvalue weighted by atomic mass is 35.5. The minimum atomic E-state index is -3.98. The summed E-state index contributed by atoms with van der Waals surface area (Å²) in [6.07, 6.45) is 2.94. The second kappa shape index (κ2) is 7.27. The van der Waals surface area contributed by atoms with Crippen molar-refractivity contribution in [1.82, 2.24) is 9.97 Å². The molecule has 26 heavy (non-hydrogen) atoms. The van der Waals surface area contributed by atoms with E-state index < -0.39 is 15.8 Å². The number of aromatic nitrogens is 2. The van der Waals surface area contributed by atoms with Crippen LogP contribution >= 0.6 is 11.6 Å². The Hall–Kier alpha value is -2.71. The molecule has 0 radical (unpaired) electrons. The van der Waals surface area contributed by atoms with E-state index in [2.05, 4.69) is 14.7 Å². The van der Waals surface area contributed by atoms with Gasteiger partial charge in [0, 0.05) is 12.4 Å². The third kappa shape index (κ3) is 4.09. The predicted octanol–water partition coefficient (Wildman–Crippen LogP) is 4.17. The highest BCUT2D eigenvalue weighted by Crippen LogP contribution is 2.32. The Morgan fingerprint density at radius 1 is 1.15 bits per heavy atom. The van der Waals surface area contributed by atoms with E-state index in [-0.39, 0.29) is 21.5 Å². The maximum absolute atomic E-state index is 13.0. The van der Waals surface area contributed by atoms with E-state index in [0.717, 1.165) is 24.3 Å². The number of anilines is 1. The molecule has 0 saturated carbocycles. The number of nitrogens with zero attached hydrogens (tertiary/aromatic N) is 2. The van der Waals surface area contributed by atoms with Crippen LogP contribution < -0.4 is 9.46 Å². The van der Waals surface area contributed by atoms with Crippen LogP contribution in [-0.2, 0) is 10.0 Å². The molecule has 0 aliphatic carbocycles. The number of benzene rings is 1. The first kappa shape index (κ1) is 18.1. The van der Waals surface area contributed by atoms with Crippen LogP contribution in [0.15, 0.2) is 59.8 Å². The maximum Gasteiger partial charge on any atom is 0.262 e. The van der Waals surface area contributed by atoms with Gasteiger partial charge in [0.1, 0.15) is 11.5 Å². The number of rotatable bonds is 5. The Morgan fingerprint density at radius 2 is 1.88 bits per heavy atom. The fraction of sp³-hybridized carbons (Fsp3) is 0.0588. The van der Waals surface area contributed by atoms with Gasteiger partial charge in [-0.2, -0.15) is 0 Å². The van der Waals surface area contributed by atoms with Crippen LogP contribution in [0.1, 0.15) is 5.69 Å². The number of halogens is 2. The van der Waals surface area contributed by atoms with Gasteiger partial charge in [0.15, 0.2) is 5.75 Å². The number of pyridine rings is 2. The number of hydrogen-bond acceptors (Lipinski definition) is 5. The summed E-state index contributed by atoms with van der Waals surface area (Å²) >= 11 is 5.93. The Morgan fingerprint density at radius 3 is 2.58 bits per heavy atom. The third-order valence-electron chi connectivity index (χ3n) is 3.35. The van der Waals surface area contributed by atoms with E-state index in [9.17, 15) is 12.8 Å². The standard InChI is InChI=1S/C17H13ClFN3O3S/c1-11-16(3-2-8-20-11)25-17-15(9-12(18)10-21-17)22-26(23,24)14-6-4-13(19)5-7-14/h2-10,22H,1H3. The van der Waals surface area contributed by atoms with Gasteiger partial charge in [-0.15, -0.1) is 0 Å². The molecule has 0 spiro atoms. The van der Waals surface area contributed by atoms with Crippen molar-refractivity contribution in [3.8, 4) is 11.6 Å². The first-order chi connectivity index (χ1) is 12.3. The summed E-state index contributed by atoms with van der Waals surface area (Å²) in [4.78, 5) is 8.03. The van der Waals surface area contributed by atoms with Crippen LogP contribution in [0.3, 0.4) is 0 Å². The van der Waals surface area contributed by atoms with Gasteiger partial charge in [-0.3, -0.25) is 9.71 Å². The lowest BCUT2D eigenvalue weighted by atomic mass is 10.3. The van der Waals surface area contributed by atoms with Crippen molar-refractivity contribution in [1.29, 1.82) is 0 Å². The fourth-order valence-corrected chi connectivity index (χ4v) is 3.29. The molecule has 0 saturated heterocycles. The normalized spacial score (nSPS) is 11.2. The SMILES string of the molecule is Cc1ncccc1Oc1ncc(Cl)cc1NS(=O)(=O)c1ccc(F)cc1. The molecule has 3 rings (SSSR count). The largest absolute Gasteiger partial charge is 0.435 e. The predicted molar refractivity (Wildman–Crippen MR) is 95.5 cm³/mol. The summed E-state index contributed by atoms with van der Waals surface area (Å²) in [7, 11) is -3.98. The first-order valence-corrected chi connectivity index (χ1v) is 9.25. The van der Waals surface area contributed by atoms with Crippen molar-refractivity contribution in [2.75, 3.05) is 4.72 Å². The van der Waals surface area contributed by atoms with Gasteiger partial charge in [0.25, 0.3) is 10.0 Å². The van der Waals surface area contributed by atoms with Gasteiger partial charge >= 0.3 is 0 Å². The van der Waals surface area contributed by atoms with Gasteiger partial charge in [0.2, 0.25) is 5.88 Å². The Bertz CT molecular complexity index is 1040. The van der Waals surface area contributed by atoms with Crippen molar-refractivity contribution in [3.63, 3.8) is 0 Å². The molecule has 0 fully saturated rings. The van der Waals surface area contributed by atoms with E-state index in [4.69, 9.17) is 16.3 Å². The summed E-state index contributed by atoms with van der Waals surface area (Å²) in [5, 5.41) is 0.220. The molecular weight excluding hydrogens is 381 g/mol. The fourth-order valence-electron chi connectivity index (χ4n) is 2.08. The molecule has 0 atom stereocenters. The lowest BCUT2D eigenvalue weighted by molar-refractivity contribution is 0.459. The van der Waals surface area contributed by atoms with Crippen LogP contribution in [-0.4, -0.2) is 18.4 Å². The van der Waals surface area contributed by atoms with E-state index >= 15 is 0 Å². The van der Waals surface area contributed by atoms with Gasteiger partial charge in [-0.05, 0) is 49.4 Å². The zero-order chi connectivity index (χ0) is 18.7. The molecule has 0 aliphatic rings. The molecule has 134 valence electrons. The molecule has 3 aromatic rings. The van der Waals surface area contributed by atoms with Crippen LogP contribution in [0.4, 0.5) is 10.1 Å². The van der Waals surface area contributed by atoms with Crippen molar-refractivity contribution < 1.29 is 17.5 Å². The molecular formula is C17H13ClFN3O3S. The monoisotopic (exact) mass is 393 g/mol. The topological polar surface area (TPSA) is 81.2 Å². The molecule has 6 nitrogen and oxygen atoms in total. The van der Waals surface area contributed by atoms with Crippen LogP contribution in [0.5, 0.6) is 11.6 Å². The average Bonchev–Trinajstić information content (AvgIpc) is 2.59. The highest BCUT2D eigenvalue weighted by Gasteiger charge is 2.19. The van der Waals surface area contributed by atoms with E-state index in [0.29, 0.717) is 11.4 Å². The molecule has 1 N–H and O–H groups in total. The van der Waals surface area contributed by atoms with Gasteiger partial charge in [-0.25, -0.2) is 17.8 Å². The average molecular weight is 394 g/mol. The summed E-state index contributed by atoms with van der Waals surface area (Å²) < 4.78 is 46.1. The molecule has 0 unspecified atom stereocenters. The molecule has 0 aliphatic heterocycles. The number of nitrogens with one attached hydrogen (secondary N) is 1. The zero-order valence-electron chi connectivity index (χ0n) is 13.5. The zero-order valence-corrected chi connectivity index (χ0v) is 15.1. The van der Waals surface area contributed by atoms with E-state index in [1.165, 1.54) is 12.3 Å². The number of aryl methyl sites for hydroxylation is 1. The first-order valence-electron chi connectivity index (χ1n) is 7.38. The van der Waals surface area contributed by atoms with Gasteiger partial charge in [-0.1, -0.05) is 11.6 Å². The smallest absolute Gasteiger partial charge is 0.262 e. The van der Waals surface area contributed by atoms with Crippen LogP contribution in [0.2, 0.25) is 5.02 Å². The summed E-state index contributed by atoms with van der Waals surface area (Å²) in [5.74, 6) is -0.106. The van der Waals surface area contributed by atoms with Crippen molar-refractivity contribution in [3.05, 3.63) is 71.4 Å². The summed E-state index contributed by atoms with van der Waals surface area (Å²) in [6.45, 7) is 1.74. The molecule has 0 amide bonds. The Balaban J connectivity index is 1.95. The van der Waals surface area contributed by atoms with Gasteiger partial charge < -0.3 is 4.74 Å². The summed E-state index contributed by atoms with van der Waals surface area (Å²) in [5.41, 5.74) is 0.654. The third-order valence-corrected chi connectivity index (χ3v) is 4.94. The molecule has 0 bridgehead atoms. The second-order valence-electron chi connectivity index (χ2n) is 5.25. The van der Waals surface area contributed by atoms with Crippen LogP contribution in [0.25, 0.3) is 0 Å². The van der Waals surface area contributed by atoms with E-state index in [1.54, 1.807) is 25.3 Å². The lowest BCUT2D eigenvalue weighted by Gasteiger charge is -2.13. The van der Waals surface area contributed by atoms with Crippen molar-refractivity contribution in [2.45, 2.75) is 11.8 Å². The minimum absolute atomic E-state index is 0.0104. The summed E-state index contributed by atoms with van der Waals surface area (Å²) in [6, 6.07) is 9.15. The van der Waals surface area contributed by atoms with E-state index in [1.807, 2.05) is 0 Å². The lowest BCUT2D eigenvalue weighted by Crippen LogP contribution is -2.14. The number of hydrogen-bond donors (Lipinski definition) is 1. The van der Waals surface area contributed by atoms with Crippen molar-refractivity contribution >= 4 is 27.3 Å². The number of sulfonamides is 1. The number of ether oxygens (including phenoxy) is 1. The molecule has 9 heteroatoms. The maximum atomic E-state index is 13.0. The molecule has 1 aromatic carbocycles. The molecule has 2 heterocycles. The quantitative estimate of drug-likeness (QED) is 0.703. The van der Waals surface area contributed by atoms with Crippen LogP contribution in [0, 0.1) is 12.7 Å². The minimum Gasteiger partial charge on any atom is -0.435 e. The Labute approximate surface area is 154 Å².